The van der Waals surface area contributed by atoms with Crippen LogP contribution >= 0.6 is 0 Å². The number of hydrogen-bond acceptors (Lipinski definition) is 1. The van der Waals surface area contributed by atoms with Crippen LogP contribution in [0.5, 0.6) is 0 Å². The molecule has 0 bridgehead atoms. The zero-order chi connectivity index (χ0) is 13.8. The molecule has 114 valence electrons. The fourth-order valence-electron chi connectivity index (χ4n) is 9.20. The molecule has 0 aromatic carbocycles. The minimum absolute atomic E-state index is 0.199. The molecule has 21 heavy (non-hydrogen) atoms. The summed E-state index contributed by atoms with van der Waals surface area (Å²) in [5.41, 5.74) is 0.199. The van der Waals surface area contributed by atoms with Crippen LogP contribution in [0, 0.1) is 52.8 Å². The van der Waals surface area contributed by atoms with Crippen molar-refractivity contribution in [3.05, 3.63) is 0 Å². The average molecular weight is 284 g/mol. The molecular weight excluding hydrogens is 256 g/mol. The number of carbonyl (C=O) groups is 1. The lowest BCUT2D eigenvalue weighted by molar-refractivity contribution is -0.144. The zero-order valence-electron chi connectivity index (χ0n) is 13.1. The predicted molar refractivity (Wildman–Crippen MR) is 81.5 cm³/mol. The highest BCUT2D eigenvalue weighted by Gasteiger charge is 2.69. The first-order valence-electron chi connectivity index (χ1n) is 9.82. The zero-order valence-corrected chi connectivity index (χ0v) is 13.1. The number of carbonyl (C=O) groups excluding carboxylic acids is 1. The average Bonchev–Trinajstić information content (AvgIpc) is 3.22. The molecule has 1 heteroatoms. The van der Waals surface area contributed by atoms with E-state index in [4.69, 9.17) is 0 Å². The molecule has 0 aliphatic heterocycles. The molecule has 6 rings (SSSR count). The van der Waals surface area contributed by atoms with Gasteiger partial charge in [0.1, 0.15) is 5.78 Å². The van der Waals surface area contributed by atoms with Crippen molar-refractivity contribution >= 4 is 5.78 Å². The molecule has 1 nitrogen and oxygen atoms in total. The molecule has 9 atom stereocenters. The van der Waals surface area contributed by atoms with Crippen molar-refractivity contribution < 1.29 is 4.79 Å². The van der Waals surface area contributed by atoms with E-state index in [2.05, 4.69) is 0 Å². The molecule has 6 aliphatic carbocycles. The molecule has 0 radical (unpaired) electrons. The van der Waals surface area contributed by atoms with E-state index >= 15 is 0 Å². The van der Waals surface area contributed by atoms with E-state index in [0.717, 1.165) is 59.5 Å². The van der Waals surface area contributed by atoms with Gasteiger partial charge >= 0.3 is 0 Å². The van der Waals surface area contributed by atoms with Gasteiger partial charge in [-0.25, -0.2) is 0 Å². The summed E-state index contributed by atoms with van der Waals surface area (Å²) in [6.45, 7) is 0. The Morgan fingerprint density at radius 3 is 1.90 bits per heavy atom. The Morgan fingerprint density at radius 1 is 0.667 bits per heavy atom. The number of rotatable bonds is 0. The molecule has 1 spiro atoms. The molecule has 0 aromatic heterocycles. The van der Waals surface area contributed by atoms with Crippen molar-refractivity contribution in [1.29, 1.82) is 0 Å². The largest absolute Gasteiger partial charge is 0.299 e. The van der Waals surface area contributed by atoms with E-state index in [0.29, 0.717) is 0 Å². The molecule has 6 aliphatic rings. The fourth-order valence-corrected chi connectivity index (χ4v) is 9.20. The van der Waals surface area contributed by atoms with Crippen LogP contribution in [0.1, 0.15) is 64.2 Å². The van der Waals surface area contributed by atoms with Gasteiger partial charge in [-0.05, 0) is 105 Å². The maximum Gasteiger partial charge on any atom is 0.139 e. The maximum atomic E-state index is 13.4. The molecule has 0 aromatic rings. The van der Waals surface area contributed by atoms with E-state index < -0.39 is 0 Å². The first-order chi connectivity index (χ1) is 10.3. The predicted octanol–water partition coefficient (Wildman–Crippen LogP) is 4.45. The van der Waals surface area contributed by atoms with Crippen LogP contribution in [0.3, 0.4) is 0 Å². The molecule has 0 N–H and O–H groups in total. The molecule has 0 heterocycles. The van der Waals surface area contributed by atoms with Crippen LogP contribution < -0.4 is 0 Å². The minimum Gasteiger partial charge on any atom is -0.299 e. The van der Waals surface area contributed by atoms with Gasteiger partial charge in [-0.15, -0.1) is 0 Å². The summed E-state index contributed by atoms with van der Waals surface area (Å²) in [5, 5.41) is 0. The van der Waals surface area contributed by atoms with Crippen LogP contribution in [0.25, 0.3) is 0 Å². The molecule has 6 saturated carbocycles. The Hall–Kier alpha value is -0.330. The summed E-state index contributed by atoms with van der Waals surface area (Å²) in [6.07, 6.45) is 13.9. The summed E-state index contributed by atoms with van der Waals surface area (Å²) >= 11 is 0. The number of Topliss-reactive ketones (excluding diaryl/α,β-unsaturated/α-hetero) is 1. The third kappa shape index (κ3) is 1.23. The summed E-state index contributed by atoms with van der Waals surface area (Å²) in [4.78, 5) is 13.4. The van der Waals surface area contributed by atoms with Crippen molar-refractivity contribution in [2.75, 3.05) is 0 Å². The molecule has 0 saturated heterocycles. The van der Waals surface area contributed by atoms with Crippen molar-refractivity contribution in [3.63, 3.8) is 0 Å². The summed E-state index contributed by atoms with van der Waals surface area (Å²) in [7, 11) is 0. The van der Waals surface area contributed by atoms with Crippen molar-refractivity contribution in [3.8, 4) is 0 Å². The van der Waals surface area contributed by atoms with Gasteiger partial charge in [0.05, 0.1) is 0 Å². The standard InChI is InChI=1S/C20H28O/c21-17-9-13-3-1-11-5-7-15(18(11)13)20(17)10-14-4-2-12-6-8-16(20)19(12)14/h11-16,18-19H,1-10H2/t11-,12-,13+,14+,15-,16+,18+,19-,20+/m1/s1. The Balaban J connectivity index is 1.47. The van der Waals surface area contributed by atoms with Crippen molar-refractivity contribution in [2.45, 2.75) is 64.2 Å². The smallest absolute Gasteiger partial charge is 0.139 e. The molecule has 0 amide bonds. The van der Waals surface area contributed by atoms with E-state index in [1.54, 1.807) is 0 Å². The second kappa shape index (κ2) is 3.77. The number of fused-ring (bicyclic) bond motifs is 2. The third-order valence-corrected chi connectivity index (χ3v) is 9.51. The summed E-state index contributed by atoms with van der Waals surface area (Å²) in [6, 6.07) is 0. The Morgan fingerprint density at radius 2 is 1.19 bits per heavy atom. The molecule has 6 fully saturated rings. The lowest BCUT2D eigenvalue weighted by atomic mass is 9.54. The van der Waals surface area contributed by atoms with Crippen LogP contribution in [0.4, 0.5) is 0 Å². The van der Waals surface area contributed by atoms with E-state index in [1.165, 1.54) is 57.8 Å². The van der Waals surface area contributed by atoms with Gasteiger partial charge < -0.3 is 0 Å². The number of ketones is 1. The van der Waals surface area contributed by atoms with E-state index in [-0.39, 0.29) is 5.41 Å². The topological polar surface area (TPSA) is 17.1 Å². The first-order valence-corrected chi connectivity index (χ1v) is 9.82. The molecule has 0 unspecified atom stereocenters. The first kappa shape index (κ1) is 12.1. The van der Waals surface area contributed by atoms with Crippen LogP contribution in [0.15, 0.2) is 0 Å². The lowest BCUT2D eigenvalue weighted by Gasteiger charge is -2.48. The highest BCUT2D eigenvalue weighted by Crippen LogP contribution is 2.73. The maximum absolute atomic E-state index is 13.4. The SMILES string of the molecule is O=C1C[C@@H]2CC[C@@H]3CC[C@H]([C@@H]32)[C@]12C[C@@H]1CC[C@@H]3CC[C@H]2[C@H]31. The normalized spacial score (nSPS) is 63.5. The highest BCUT2D eigenvalue weighted by molar-refractivity contribution is 5.87. The van der Waals surface area contributed by atoms with E-state index in [9.17, 15) is 4.79 Å². The van der Waals surface area contributed by atoms with Crippen molar-refractivity contribution in [2.24, 2.45) is 52.8 Å². The van der Waals surface area contributed by atoms with Gasteiger partial charge in [0.2, 0.25) is 0 Å². The van der Waals surface area contributed by atoms with Crippen molar-refractivity contribution in [1.82, 2.24) is 0 Å². The van der Waals surface area contributed by atoms with Crippen LogP contribution in [0.2, 0.25) is 0 Å². The second-order valence-electron chi connectivity index (χ2n) is 9.59. The Labute approximate surface area is 128 Å². The summed E-state index contributed by atoms with van der Waals surface area (Å²) < 4.78 is 0. The summed E-state index contributed by atoms with van der Waals surface area (Å²) in [5.74, 6) is 8.15. The minimum atomic E-state index is 0.199. The monoisotopic (exact) mass is 284 g/mol. The lowest BCUT2D eigenvalue weighted by Crippen LogP contribution is -2.50. The van der Waals surface area contributed by atoms with E-state index in [1.807, 2.05) is 0 Å². The fraction of sp³-hybridized carbons (Fsp3) is 0.950. The number of hydrogen-bond donors (Lipinski definition) is 0. The Bertz CT molecular complexity index is 510. The Kier molecular flexibility index (Phi) is 2.18. The van der Waals surface area contributed by atoms with Gasteiger partial charge in [0.25, 0.3) is 0 Å². The van der Waals surface area contributed by atoms with Crippen LogP contribution in [-0.4, -0.2) is 5.78 Å². The highest BCUT2D eigenvalue weighted by atomic mass is 16.1. The van der Waals surface area contributed by atoms with Gasteiger partial charge in [-0.3, -0.25) is 4.79 Å². The molecular formula is C20H28O. The van der Waals surface area contributed by atoms with Crippen LogP contribution in [-0.2, 0) is 4.79 Å². The van der Waals surface area contributed by atoms with Gasteiger partial charge in [0, 0.05) is 11.8 Å². The van der Waals surface area contributed by atoms with Gasteiger partial charge in [-0.2, -0.15) is 0 Å². The second-order valence-corrected chi connectivity index (χ2v) is 9.59. The van der Waals surface area contributed by atoms with Gasteiger partial charge in [0.15, 0.2) is 0 Å². The van der Waals surface area contributed by atoms with Gasteiger partial charge in [-0.1, -0.05) is 0 Å². The third-order valence-electron chi connectivity index (χ3n) is 9.51. The quantitative estimate of drug-likeness (QED) is 0.642.